The van der Waals surface area contributed by atoms with Crippen LogP contribution in [0.25, 0.3) is 11.3 Å². The molecule has 1 aromatic heterocycles. The first-order valence-electron chi connectivity index (χ1n) is 4.95. The predicted molar refractivity (Wildman–Crippen MR) is 66.2 cm³/mol. The Kier molecular flexibility index (Phi) is 3.37. The Hall–Kier alpha value is -1.61. The quantitative estimate of drug-likeness (QED) is 0.739. The molecular weight excluding hydrogens is 218 g/mol. The minimum absolute atomic E-state index is 0.102. The van der Waals surface area contributed by atoms with Crippen LogP contribution in [0, 0.1) is 0 Å². The number of hydrogen-bond acceptors (Lipinski definition) is 3. The van der Waals surface area contributed by atoms with Crippen LogP contribution in [0.4, 0.5) is 0 Å². The van der Waals surface area contributed by atoms with Gasteiger partial charge in [0, 0.05) is 23.6 Å². The van der Waals surface area contributed by atoms with Crippen molar-refractivity contribution in [2.45, 2.75) is 11.8 Å². The molecule has 0 saturated heterocycles. The Morgan fingerprint density at radius 2 is 1.88 bits per heavy atom. The second kappa shape index (κ2) is 4.94. The lowest BCUT2D eigenvalue weighted by molar-refractivity contribution is -0.109. The summed E-state index contributed by atoms with van der Waals surface area (Å²) in [5.74, 6) is 0. The van der Waals surface area contributed by atoms with E-state index in [9.17, 15) is 4.79 Å². The minimum atomic E-state index is 0.102. The van der Waals surface area contributed by atoms with Crippen molar-refractivity contribution in [3.8, 4) is 11.3 Å². The summed E-state index contributed by atoms with van der Waals surface area (Å²) < 4.78 is 0. The molecule has 0 amide bonds. The molecule has 0 spiro atoms. The molecule has 0 atom stereocenters. The van der Waals surface area contributed by atoms with Gasteiger partial charge in [-0.3, -0.25) is 9.78 Å². The van der Waals surface area contributed by atoms with Gasteiger partial charge < -0.3 is 0 Å². The van der Waals surface area contributed by atoms with Gasteiger partial charge >= 0.3 is 0 Å². The number of rotatable bonds is 2. The second-order valence-corrected chi connectivity index (χ2v) is 4.58. The zero-order valence-corrected chi connectivity index (χ0v) is 9.70. The molecule has 0 aliphatic rings. The van der Waals surface area contributed by atoms with E-state index in [1.165, 1.54) is 11.8 Å². The van der Waals surface area contributed by atoms with E-state index >= 15 is 0 Å². The number of carbonyl (C=O) groups excluding carboxylic acids is 1. The molecule has 0 fully saturated rings. The summed E-state index contributed by atoms with van der Waals surface area (Å²) in [4.78, 5) is 16.1. The van der Waals surface area contributed by atoms with Crippen molar-refractivity contribution in [1.82, 2.24) is 4.98 Å². The third kappa shape index (κ3) is 2.70. The molecule has 0 N–H and O–H groups in total. The number of aromatic nitrogens is 1. The molecule has 0 radical (unpaired) electrons. The van der Waals surface area contributed by atoms with Crippen LogP contribution in [0.5, 0.6) is 0 Å². The van der Waals surface area contributed by atoms with Gasteiger partial charge in [-0.15, -0.1) is 0 Å². The van der Waals surface area contributed by atoms with Crippen LogP contribution in [0.3, 0.4) is 0 Å². The van der Waals surface area contributed by atoms with Crippen LogP contribution in [-0.2, 0) is 4.79 Å². The largest absolute Gasteiger partial charge is 0.287 e. The van der Waals surface area contributed by atoms with E-state index < -0.39 is 0 Å². The molecule has 0 aliphatic carbocycles. The molecule has 0 saturated carbocycles. The van der Waals surface area contributed by atoms with Crippen LogP contribution in [0.2, 0.25) is 0 Å². The van der Waals surface area contributed by atoms with Crippen molar-refractivity contribution in [1.29, 1.82) is 0 Å². The van der Waals surface area contributed by atoms with E-state index in [0.717, 1.165) is 16.2 Å². The van der Waals surface area contributed by atoms with E-state index in [1.807, 2.05) is 42.5 Å². The number of hydrogen-bond donors (Lipinski definition) is 0. The van der Waals surface area contributed by atoms with Gasteiger partial charge in [0.1, 0.15) is 0 Å². The minimum Gasteiger partial charge on any atom is -0.287 e. The highest BCUT2D eigenvalue weighted by molar-refractivity contribution is 8.13. The molecule has 0 unspecified atom stereocenters. The first-order valence-corrected chi connectivity index (χ1v) is 5.77. The summed E-state index contributed by atoms with van der Waals surface area (Å²) in [5.41, 5.74) is 2.01. The van der Waals surface area contributed by atoms with Crippen molar-refractivity contribution in [3.05, 3.63) is 48.7 Å². The average molecular weight is 229 g/mol. The Bertz CT molecular complexity index is 479. The average Bonchev–Trinajstić information content (AvgIpc) is 2.30. The third-order valence-corrected chi connectivity index (χ3v) is 2.87. The highest BCUT2D eigenvalue weighted by Crippen LogP contribution is 2.23. The lowest BCUT2D eigenvalue weighted by Crippen LogP contribution is -1.83. The van der Waals surface area contributed by atoms with E-state index in [2.05, 4.69) is 4.98 Å². The van der Waals surface area contributed by atoms with Gasteiger partial charge in [-0.2, -0.15) is 0 Å². The number of carbonyl (C=O) groups is 1. The van der Waals surface area contributed by atoms with Gasteiger partial charge in [-0.1, -0.05) is 30.0 Å². The molecule has 1 aromatic carbocycles. The van der Waals surface area contributed by atoms with Crippen molar-refractivity contribution in [2.75, 3.05) is 0 Å². The van der Waals surface area contributed by atoms with Crippen molar-refractivity contribution in [3.63, 3.8) is 0 Å². The first-order chi connectivity index (χ1) is 7.75. The fourth-order valence-electron chi connectivity index (χ4n) is 1.39. The Morgan fingerprint density at radius 1 is 1.12 bits per heavy atom. The fourth-order valence-corrected chi connectivity index (χ4v) is 2.00. The normalized spacial score (nSPS) is 10.1. The third-order valence-electron chi connectivity index (χ3n) is 2.08. The maximum absolute atomic E-state index is 10.9. The fraction of sp³-hybridized carbons (Fsp3) is 0.0769. The lowest BCUT2D eigenvalue weighted by Gasteiger charge is -2.01. The Balaban J connectivity index is 2.23. The van der Waals surface area contributed by atoms with Crippen molar-refractivity contribution >= 4 is 16.9 Å². The van der Waals surface area contributed by atoms with Crippen LogP contribution in [-0.4, -0.2) is 10.1 Å². The molecule has 80 valence electrons. The molecule has 2 aromatic rings. The molecule has 0 aliphatic heterocycles. The molecule has 1 heterocycles. The van der Waals surface area contributed by atoms with Gasteiger partial charge in [0.05, 0.1) is 5.69 Å². The molecule has 3 heteroatoms. The number of nitrogens with zero attached hydrogens (tertiary/aromatic N) is 1. The second-order valence-electron chi connectivity index (χ2n) is 3.33. The van der Waals surface area contributed by atoms with Crippen molar-refractivity contribution in [2.24, 2.45) is 0 Å². The van der Waals surface area contributed by atoms with Crippen molar-refractivity contribution < 1.29 is 4.79 Å². The zero-order chi connectivity index (χ0) is 11.4. The standard InChI is InChI=1S/C13H11NOS/c1-10(15)16-12-7-5-11(6-8-12)13-4-2-3-9-14-13/h2-9H,1H3. The zero-order valence-electron chi connectivity index (χ0n) is 8.88. The Labute approximate surface area is 98.7 Å². The van der Waals surface area contributed by atoms with Crippen LogP contribution in [0.1, 0.15) is 6.92 Å². The number of pyridine rings is 1. The molecule has 0 bridgehead atoms. The number of thioether (sulfide) groups is 1. The summed E-state index contributed by atoms with van der Waals surface area (Å²) in [6.07, 6.45) is 1.77. The predicted octanol–water partition coefficient (Wildman–Crippen LogP) is 3.39. The number of benzene rings is 1. The van der Waals surface area contributed by atoms with Crippen LogP contribution in [0.15, 0.2) is 53.6 Å². The first kappa shape index (κ1) is 10.9. The van der Waals surface area contributed by atoms with Crippen LogP contribution >= 0.6 is 11.8 Å². The van der Waals surface area contributed by atoms with Gasteiger partial charge in [-0.25, -0.2) is 0 Å². The Morgan fingerprint density at radius 3 is 2.44 bits per heavy atom. The van der Waals surface area contributed by atoms with Gasteiger partial charge in [0.15, 0.2) is 5.12 Å². The lowest BCUT2D eigenvalue weighted by atomic mass is 10.1. The van der Waals surface area contributed by atoms with Gasteiger partial charge in [0.25, 0.3) is 0 Å². The SMILES string of the molecule is CC(=O)Sc1ccc(-c2ccccn2)cc1. The van der Waals surface area contributed by atoms with E-state index in [4.69, 9.17) is 0 Å². The van der Waals surface area contributed by atoms with Crippen LogP contribution < -0.4 is 0 Å². The van der Waals surface area contributed by atoms with Gasteiger partial charge in [-0.05, 0) is 24.3 Å². The highest BCUT2D eigenvalue weighted by Gasteiger charge is 2.00. The van der Waals surface area contributed by atoms with E-state index in [-0.39, 0.29) is 5.12 Å². The topological polar surface area (TPSA) is 30.0 Å². The molecule has 2 nitrogen and oxygen atoms in total. The summed E-state index contributed by atoms with van der Waals surface area (Å²) in [6.45, 7) is 1.57. The summed E-state index contributed by atoms with van der Waals surface area (Å²) in [7, 11) is 0. The van der Waals surface area contributed by atoms with E-state index in [1.54, 1.807) is 13.1 Å². The molecule has 2 rings (SSSR count). The highest BCUT2D eigenvalue weighted by atomic mass is 32.2. The molecular formula is C13H11NOS. The maximum atomic E-state index is 10.9. The molecule has 16 heavy (non-hydrogen) atoms. The summed E-state index contributed by atoms with van der Waals surface area (Å²) in [6, 6.07) is 13.7. The monoisotopic (exact) mass is 229 g/mol. The summed E-state index contributed by atoms with van der Waals surface area (Å²) >= 11 is 1.24. The van der Waals surface area contributed by atoms with E-state index in [0.29, 0.717) is 0 Å². The summed E-state index contributed by atoms with van der Waals surface area (Å²) in [5, 5.41) is 0.102. The van der Waals surface area contributed by atoms with Gasteiger partial charge in [0.2, 0.25) is 0 Å². The smallest absolute Gasteiger partial charge is 0.190 e. The maximum Gasteiger partial charge on any atom is 0.190 e.